The SMILES string of the molecule is CCC(CC)c1ccc(OC)c(C(N)CCC(=O)O)c1. The van der Waals surface area contributed by atoms with Crippen LogP contribution in [-0.4, -0.2) is 18.2 Å². The highest BCUT2D eigenvalue weighted by molar-refractivity contribution is 5.66. The van der Waals surface area contributed by atoms with E-state index >= 15 is 0 Å². The van der Waals surface area contributed by atoms with Gasteiger partial charge in [-0.15, -0.1) is 0 Å². The molecule has 0 aliphatic carbocycles. The number of hydrogen-bond acceptors (Lipinski definition) is 3. The predicted molar refractivity (Wildman–Crippen MR) is 80.1 cm³/mol. The zero-order chi connectivity index (χ0) is 15.1. The summed E-state index contributed by atoms with van der Waals surface area (Å²) in [6, 6.07) is 5.77. The summed E-state index contributed by atoms with van der Waals surface area (Å²) in [6.07, 6.45) is 2.64. The Morgan fingerprint density at radius 3 is 2.50 bits per heavy atom. The highest BCUT2D eigenvalue weighted by Crippen LogP contribution is 2.32. The molecule has 0 fully saturated rings. The van der Waals surface area contributed by atoms with Crippen LogP contribution in [0.3, 0.4) is 0 Å². The summed E-state index contributed by atoms with van der Waals surface area (Å²) in [6.45, 7) is 4.34. The van der Waals surface area contributed by atoms with Crippen molar-refractivity contribution in [3.8, 4) is 5.75 Å². The van der Waals surface area contributed by atoms with Gasteiger partial charge in [0.05, 0.1) is 7.11 Å². The Morgan fingerprint density at radius 2 is 2.00 bits per heavy atom. The average Bonchev–Trinajstić information content (AvgIpc) is 2.45. The second kappa shape index (κ2) is 7.90. The smallest absolute Gasteiger partial charge is 0.303 e. The molecule has 0 saturated carbocycles. The summed E-state index contributed by atoms with van der Waals surface area (Å²) >= 11 is 0. The molecule has 4 heteroatoms. The van der Waals surface area contributed by atoms with E-state index in [2.05, 4.69) is 26.0 Å². The highest BCUT2D eigenvalue weighted by Gasteiger charge is 2.16. The molecule has 0 radical (unpaired) electrons. The largest absolute Gasteiger partial charge is 0.496 e. The zero-order valence-electron chi connectivity index (χ0n) is 12.6. The van der Waals surface area contributed by atoms with Gasteiger partial charge in [0.15, 0.2) is 0 Å². The summed E-state index contributed by atoms with van der Waals surface area (Å²) in [5, 5.41) is 8.77. The first kappa shape index (κ1) is 16.5. The molecule has 0 saturated heterocycles. The standard InChI is InChI=1S/C16H25NO3/c1-4-11(5-2)12-6-8-15(20-3)13(10-12)14(17)7-9-16(18)19/h6,8,10-11,14H,4-5,7,9,17H2,1-3H3,(H,18,19). The van der Waals surface area contributed by atoms with E-state index in [-0.39, 0.29) is 12.5 Å². The molecule has 4 nitrogen and oxygen atoms in total. The van der Waals surface area contributed by atoms with Crippen LogP contribution in [-0.2, 0) is 4.79 Å². The van der Waals surface area contributed by atoms with Gasteiger partial charge < -0.3 is 15.6 Å². The first-order valence-corrected chi connectivity index (χ1v) is 7.18. The number of carbonyl (C=O) groups is 1. The fourth-order valence-corrected chi connectivity index (χ4v) is 2.49. The number of benzene rings is 1. The molecule has 112 valence electrons. The van der Waals surface area contributed by atoms with Crippen LogP contribution in [0.4, 0.5) is 0 Å². The fraction of sp³-hybridized carbons (Fsp3) is 0.562. The van der Waals surface area contributed by atoms with E-state index in [9.17, 15) is 4.79 Å². The number of nitrogens with two attached hydrogens (primary N) is 1. The molecule has 1 aromatic carbocycles. The van der Waals surface area contributed by atoms with Crippen LogP contribution < -0.4 is 10.5 Å². The first-order chi connectivity index (χ1) is 9.53. The molecule has 0 heterocycles. The van der Waals surface area contributed by atoms with Crippen molar-refractivity contribution >= 4 is 5.97 Å². The third kappa shape index (κ3) is 4.23. The maximum absolute atomic E-state index is 10.7. The monoisotopic (exact) mass is 279 g/mol. The number of carboxylic acids is 1. The minimum Gasteiger partial charge on any atom is -0.496 e. The minimum atomic E-state index is -0.824. The molecule has 20 heavy (non-hydrogen) atoms. The predicted octanol–water partition coefficient (Wildman–Crippen LogP) is 3.46. The van der Waals surface area contributed by atoms with Gasteiger partial charge in [0.25, 0.3) is 0 Å². The molecule has 0 spiro atoms. The van der Waals surface area contributed by atoms with Gasteiger partial charge in [-0.2, -0.15) is 0 Å². The van der Waals surface area contributed by atoms with Crippen LogP contribution in [0.5, 0.6) is 5.75 Å². The van der Waals surface area contributed by atoms with Gasteiger partial charge in [0.2, 0.25) is 0 Å². The summed E-state index contributed by atoms with van der Waals surface area (Å²) in [5.74, 6) is 0.416. The number of hydrogen-bond donors (Lipinski definition) is 2. The van der Waals surface area contributed by atoms with E-state index in [0.717, 1.165) is 24.2 Å². The second-order valence-corrected chi connectivity index (χ2v) is 5.05. The molecular formula is C16H25NO3. The molecule has 1 aromatic rings. The van der Waals surface area contributed by atoms with Gasteiger partial charge in [-0.1, -0.05) is 26.0 Å². The number of ether oxygens (including phenoxy) is 1. The molecule has 1 rings (SSSR count). The van der Waals surface area contributed by atoms with Gasteiger partial charge in [-0.05, 0) is 36.8 Å². The first-order valence-electron chi connectivity index (χ1n) is 7.18. The molecule has 0 aromatic heterocycles. The molecule has 0 aliphatic rings. The Bertz CT molecular complexity index is 441. The molecule has 0 aliphatic heterocycles. The zero-order valence-corrected chi connectivity index (χ0v) is 12.6. The van der Waals surface area contributed by atoms with Crippen LogP contribution >= 0.6 is 0 Å². The molecule has 1 unspecified atom stereocenters. The van der Waals surface area contributed by atoms with Crippen molar-refractivity contribution in [3.05, 3.63) is 29.3 Å². The summed E-state index contributed by atoms with van der Waals surface area (Å²) in [5.41, 5.74) is 8.28. The van der Waals surface area contributed by atoms with Crippen LogP contribution in [0.1, 0.15) is 62.6 Å². The lowest BCUT2D eigenvalue weighted by molar-refractivity contribution is -0.137. The maximum atomic E-state index is 10.7. The van der Waals surface area contributed by atoms with E-state index in [1.165, 1.54) is 5.56 Å². The third-order valence-corrected chi connectivity index (χ3v) is 3.78. The quantitative estimate of drug-likeness (QED) is 0.764. The fourth-order valence-electron chi connectivity index (χ4n) is 2.49. The van der Waals surface area contributed by atoms with Crippen LogP contribution in [0.25, 0.3) is 0 Å². The number of methoxy groups -OCH3 is 1. The Morgan fingerprint density at radius 1 is 1.35 bits per heavy atom. The van der Waals surface area contributed by atoms with Crippen molar-refractivity contribution in [2.24, 2.45) is 5.73 Å². The van der Waals surface area contributed by atoms with Gasteiger partial charge in [-0.3, -0.25) is 4.79 Å². The lowest BCUT2D eigenvalue weighted by Crippen LogP contribution is -2.14. The van der Waals surface area contributed by atoms with Gasteiger partial charge >= 0.3 is 5.97 Å². The average molecular weight is 279 g/mol. The molecule has 0 amide bonds. The summed E-state index contributed by atoms with van der Waals surface area (Å²) < 4.78 is 5.35. The maximum Gasteiger partial charge on any atom is 0.303 e. The van der Waals surface area contributed by atoms with E-state index in [0.29, 0.717) is 12.3 Å². The van der Waals surface area contributed by atoms with Crippen LogP contribution in [0, 0.1) is 0 Å². The molecule has 3 N–H and O–H groups in total. The number of carboxylic acid groups (broad SMARTS) is 1. The Balaban J connectivity index is 3.01. The number of aliphatic carboxylic acids is 1. The highest BCUT2D eigenvalue weighted by atomic mass is 16.5. The van der Waals surface area contributed by atoms with Crippen molar-refractivity contribution in [3.63, 3.8) is 0 Å². The molecule has 1 atom stereocenters. The topological polar surface area (TPSA) is 72.5 Å². The molecular weight excluding hydrogens is 254 g/mol. The van der Waals surface area contributed by atoms with Crippen molar-refractivity contribution in [1.29, 1.82) is 0 Å². The molecule has 0 bridgehead atoms. The van der Waals surface area contributed by atoms with Crippen molar-refractivity contribution in [2.45, 2.75) is 51.5 Å². The van der Waals surface area contributed by atoms with E-state index in [1.807, 2.05) is 6.07 Å². The van der Waals surface area contributed by atoms with Gasteiger partial charge in [0.1, 0.15) is 5.75 Å². The lowest BCUT2D eigenvalue weighted by atomic mass is 9.90. The summed E-state index contributed by atoms with van der Waals surface area (Å²) in [7, 11) is 1.61. The van der Waals surface area contributed by atoms with Crippen molar-refractivity contribution in [2.75, 3.05) is 7.11 Å². The second-order valence-electron chi connectivity index (χ2n) is 5.05. The van der Waals surface area contributed by atoms with Crippen molar-refractivity contribution < 1.29 is 14.6 Å². The van der Waals surface area contributed by atoms with Crippen LogP contribution in [0.15, 0.2) is 18.2 Å². The van der Waals surface area contributed by atoms with E-state index in [1.54, 1.807) is 7.11 Å². The Labute approximate surface area is 120 Å². The third-order valence-electron chi connectivity index (χ3n) is 3.78. The van der Waals surface area contributed by atoms with Crippen molar-refractivity contribution in [1.82, 2.24) is 0 Å². The van der Waals surface area contributed by atoms with Crippen LogP contribution in [0.2, 0.25) is 0 Å². The summed E-state index contributed by atoms with van der Waals surface area (Å²) in [4.78, 5) is 10.7. The Kier molecular flexibility index (Phi) is 6.52. The van der Waals surface area contributed by atoms with Gasteiger partial charge in [0, 0.05) is 18.0 Å². The lowest BCUT2D eigenvalue weighted by Gasteiger charge is -2.19. The normalized spacial score (nSPS) is 12.4. The van der Waals surface area contributed by atoms with E-state index in [4.69, 9.17) is 15.6 Å². The van der Waals surface area contributed by atoms with E-state index < -0.39 is 5.97 Å². The Hall–Kier alpha value is -1.55. The number of rotatable bonds is 8. The van der Waals surface area contributed by atoms with Gasteiger partial charge in [-0.25, -0.2) is 0 Å². The minimum absolute atomic E-state index is 0.0690.